The van der Waals surface area contributed by atoms with Gasteiger partial charge in [-0.25, -0.2) is 9.37 Å². The van der Waals surface area contributed by atoms with Gasteiger partial charge in [0.1, 0.15) is 5.82 Å². The third kappa shape index (κ3) is 4.06. The molecule has 1 N–H and O–H groups in total. The van der Waals surface area contributed by atoms with Gasteiger partial charge in [0.2, 0.25) is 0 Å². The topological polar surface area (TPSA) is 57.7 Å². The van der Waals surface area contributed by atoms with E-state index in [1.165, 1.54) is 19.2 Å². The molecule has 6 nitrogen and oxygen atoms in total. The average molecular weight is 344 g/mol. The van der Waals surface area contributed by atoms with Crippen molar-refractivity contribution >= 4 is 17.4 Å². The zero-order valence-electron chi connectivity index (χ0n) is 14.3. The SMILES string of the molecule is COc1ccc(C(=O)Nc2ccc(N3CCN(C)CC3)cn2)cc1F. The van der Waals surface area contributed by atoms with Crippen molar-refractivity contribution in [3.8, 4) is 5.75 Å². The van der Waals surface area contributed by atoms with Crippen LogP contribution in [0.2, 0.25) is 0 Å². The number of pyridine rings is 1. The highest BCUT2D eigenvalue weighted by molar-refractivity contribution is 6.03. The zero-order chi connectivity index (χ0) is 17.8. The van der Waals surface area contributed by atoms with Crippen molar-refractivity contribution in [3.63, 3.8) is 0 Å². The third-order valence-corrected chi connectivity index (χ3v) is 4.27. The number of nitrogens with one attached hydrogen (secondary N) is 1. The molecular formula is C18H21FN4O2. The molecule has 1 aromatic heterocycles. The minimum absolute atomic E-state index is 0.103. The summed E-state index contributed by atoms with van der Waals surface area (Å²) >= 11 is 0. The number of rotatable bonds is 4. The molecule has 1 aliphatic heterocycles. The first-order chi connectivity index (χ1) is 12.1. The number of hydrogen-bond donors (Lipinski definition) is 1. The Labute approximate surface area is 146 Å². The zero-order valence-corrected chi connectivity index (χ0v) is 14.3. The number of halogens is 1. The highest BCUT2D eigenvalue weighted by Gasteiger charge is 2.15. The van der Waals surface area contributed by atoms with Crippen molar-refractivity contribution in [3.05, 3.63) is 47.9 Å². The average Bonchev–Trinajstić information content (AvgIpc) is 2.63. The molecule has 1 fully saturated rings. The van der Waals surface area contributed by atoms with Gasteiger partial charge >= 0.3 is 0 Å². The molecule has 7 heteroatoms. The first kappa shape index (κ1) is 17.2. The molecule has 0 atom stereocenters. The van der Waals surface area contributed by atoms with Crippen LogP contribution in [0.5, 0.6) is 5.75 Å². The molecule has 1 amide bonds. The smallest absolute Gasteiger partial charge is 0.256 e. The van der Waals surface area contributed by atoms with Crippen LogP contribution in [-0.4, -0.2) is 56.1 Å². The first-order valence-corrected chi connectivity index (χ1v) is 8.11. The number of nitrogens with zero attached hydrogens (tertiary/aromatic N) is 3. The van der Waals surface area contributed by atoms with Crippen LogP contribution in [0.1, 0.15) is 10.4 Å². The summed E-state index contributed by atoms with van der Waals surface area (Å²) in [5.41, 5.74) is 1.24. The second-order valence-corrected chi connectivity index (χ2v) is 6.00. The number of aromatic nitrogens is 1. The lowest BCUT2D eigenvalue weighted by Crippen LogP contribution is -2.44. The van der Waals surface area contributed by atoms with E-state index in [2.05, 4.69) is 27.1 Å². The Hall–Kier alpha value is -2.67. The van der Waals surface area contributed by atoms with Crippen molar-refractivity contribution in [1.82, 2.24) is 9.88 Å². The number of carbonyl (C=O) groups is 1. The fraction of sp³-hybridized carbons (Fsp3) is 0.333. The summed E-state index contributed by atoms with van der Waals surface area (Å²) in [5, 5.41) is 2.68. The minimum Gasteiger partial charge on any atom is -0.494 e. The summed E-state index contributed by atoms with van der Waals surface area (Å²) in [4.78, 5) is 21.0. The van der Waals surface area contributed by atoms with Gasteiger partial charge in [-0.3, -0.25) is 4.79 Å². The molecule has 1 aromatic carbocycles. The molecule has 0 aliphatic carbocycles. The van der Waals surface area contributed by atoms with E-state index in [4.69, 9.17) is 4.74 Å². The van der Waals surface area contributed by atoms with Gasteiger partial charge in [0.05, 0.1) is 19.0 Å². The summed E-state index contributed by atoms with van der Waals surface area (Å²) in [5.74, 6) is -0.458. The lowest BCUT2D eigenvalue weighted by atomic mass is 10.2. The fourth-order valence-electron chi connectivity index (χ4n) is 2.71. The van der Waals surface area contributed by atoms with Gasteiger partial charge in [-0.2, -0.15) is 0 Å². The van der Waals surface area contributed by atoms with Crippen molar-refractivity contribution in [2.24, 2.45) is 0 Å². The van der Waals surface area contributed by atoms with E-state index >= 15 is 0 Å². The standard InChI is InChI=1S/C18H21FN4O2/c1-22-7-9-23(10-8-22)14-4-6-17(20-12-14)21-18(24)13-3-5-16(25-2)15(19)11-13/h3-6,11-12H,7-10H2,1-2H3,(H,20,21,24). The lowest BCUT2D eigenvalue weighted by Gasteiger charge is -2.33. The summed E-state index contributed by atoms with van der Waals surface area (Å²) in [6, 6.07) is 7.77. The molecule has 0 spiro atoms. The van der Waals surface area contributed by atoms with Crippen molar-refractivity contribution < 1.29 is 13.9 Å². The van der Waals surface area contributed by atoms with E-state index in [0.29, 0.717) is 5.82 Å². The Morgan fingerprint density at radius 2 is 1.96 bits per heavy atom. The van der Waals surface area contributed by atoms with Crippen LogP contribution in [0.15, 0.2) is 36.5 Å². The Balaban J connectivity index is 1.65. The molecule has 2 heterocycles. The molecule has 3 rings (SSSR count). The summed E-state index contributed by atoms with van der Waals surface area (Å²) in [6.07, 6.45) is 1.75. The predicted molar refractivity (Wildman–Crippen MR) is 94.9 cm³/mol. The van der Waals surface area contributed by atoms with Crippen LogP contribution in [0.3, 0.4) is 0 Å². The van der Waals surface area contributed by atoms with E-state index < -0.39 is 11.7 Å². The van der Waals surface area contributed by atoms with E-state index in [9.17, 15) is 9.18 Å². The van der Waals surface area contributed by atoms with Crippen LogP contribution < -0.4 is 15.0 Å². The molecule has 0 saturated carbocycles. The van der Waals surface area contributed by atoms with Gasteiger partial charge in [0, 0.05) is 31.7 Å². The summed E-state index contributed by atoms with van der Waals surface area (Å²) < 4.78 is 18.6. The van der Waals surface area contributed by atoms with Gasteiger partial charge in [-0.05, 0) is 37.4 Å². The normalized spacial score (nSPS) is 15.1. The number of anilines is 2. The minimum atomic E-state index is -0.575. The number of methoxy groups -OCH3 is 1. The third-order valence-electron chi connectivity index (χ3n) is 4.27. The number of benzene rings is 1. The Morgan fingerprint density at radius 1 is 1.20 bits per heavy atom. The van der Waals surface area contributed by atoms with Crippen LogP contribution in [0, 0.1) is 5.82 Å². The van der Waals surface area contributed by atoms with E-state index in [0.717, 1.165) is 37.9 Å². The van der Waals surface area contributed by atoms with E-state index in [1.54, 1.807) is 12.3 Å². The number of hydrogen-bond acceptors (Lipinski definition) is 5. The number of amides is 1. The first-order valence-electron chi connectivity index (χ1n) is 8.11. The quantitative estimate of drug-likeness (QED) is 0.922. The molecule has 1 saturated heterocycles. The molecule has 1 aliphatic rings. The maximum atomic E-state index is 13.7. The van der Waals surface area contributed by atoms with Crippen molar-refractivity contribution in [2.75, 3.05) is 50.6 Å². The molecular weight excluding hydrogens is 323 g/mol. The maximum Gasteiger partial charge on any atom is 0.256 e. The highest BCUT2D eigenvalue weighted by Crippen LogP contribution is 2.20. The monoisotopic (exact) mass is 344 g/mol. The number of likely N-dealkylation sites (N-methyl/N-ethyl adjacent to an activating group) is 1. The van der Waals surface area contributed by atoms with Crippen LogP contribution in [0.4, 0.5) is 15.9 Å². The number of piperazine rings is 1. The maximum absolute atomic E-state index is 13.7. The second-order valence-electron chi connectivity index (χ2n) is 6.00. The molecule has 0 bridgehead atoms. The summed E-state index contributed by atoms with van der Waals surface area (Å²) in [7, 11) is 3.49. The van der Waals surface area contributed by atoms with E-state index in [1.807, 2.05) is 6.07 Å². The van der Waals surface area contributed by atoms with Gasteiger partial charge in [0.15, 0.2) is 11.6 Å². The number of carbonyl (C=O) groups excluding carboxylic acids is 1. The lowest BCUT2D eigenvalue weighted by molar-refractivity contribution is 0.102. The van der Waals surface area contributed by atoms with Gasteiger partial charge in [-0.1, -0.05) is 0 Å². The van der Waals surface area contributed by atoms with Crippen molar-refractivity contribution in [2.45, 2.75) is 0 Å². The van der Waals surface area contributed by atoms with Crippen LogP contribution in [0.25, 0.3) is 0 Å². The van der Waals surface area contributed by atoms with Gasteiger partial charge in [0.25, 0.3) is 5.91 Å². The Kier molecular flexibility index (Phi) is 5.14. The summed E-state index contributed by atoms with van der Waals surface area (Å²) in [6.45, 7) is 3.94. The second kappa shape index (κ2) is 7.48. The molecule has 2 aromatic rings. The number of ether oxygens (including phenoxy) is 1. The molecule has 25 heavy (non-hydrogen) atoms. The van der Waals surface area contributed by atoms with Crippen molar-refractivity contribution in [1.29, 1.82) is 0 Å². The molecule has 0 radical (unpaired) electrons. The van der Waals surface area contributed by atoms with Gasteiger partial charge < -0.3 is 19.9 Å². The van der Waals surface area contributed by atoms with Crippen LogP contribution in [-0.2, 0) is 0 Å². The van der Waals surface area contributed by atoms with Gasteiger partial charge in [-0.15, -0.1) is 0 Å². The Morgan fingerprint density at radius 3 is 2.56 bits per heavy atom. The van der Waals surface area contributed by atoms with E-state index in [-0.39, 0.29) is 11.3 Å². The highest BCUT2D eigenvalue weighted by atomic mass is 19.1. The largest absolute Gasteiger partial charge is 0.494 e. The Bertz CT molecular complexity index is 743. The van der Waals surface area contributed by atoms with Crippen LogP contribution >= 0.6 is 0 Å². The fourth-order valence-corrected chi connectivity index (χ4v) is 2.71. The predicted octanol–water partition coefficient (Wildman–Crippen LogP) is 2.23. The molecule has 0 unspecified atom stereocenters. The molecule has 132 valence electrons.